The lowest BCUT2D eigenvalue weighted by Crippen LogP contribution is -2.24. The first-order valence-electron chi connectivity index (χ1n) is 9.44. The molecule has 1 aromatic carbocycles. The Bertz CT molecular complexity index is 486. The first-order valence-corrected chi connectivity index (χ1v) is 9.44. The van der Waals surface area contributed by atoms with Gasteiger partial charge in [-0.15, -0.1) is 0 Å². The Labute approximate surface area is 144 Å². The highest BCUT2D eigenvalue weighted by atomic mass is 16.3. The second-order valence-corrected chi connectivity index (χ2v) is 9.01. The minimum atomic E-state index is -0.0379. The number of unbranched alkanes of at least 4 members (excludes halogenated alkanes) is 5. The van der Waals surface area contributed by atoms with Gasteiger partial charge >= 0.3 is 0 Å². The van der Waals surface area contributed by atoms with E-state index in [0.717, 1.165) is 12.0 Å². The van der Waals surface area contributed by atoms with Gasteiger partial charge in [-0.25, -0.2) is 0 Å². The molecule has 132 valence electrons. The highest BCUT2D eigenvalue weighted by Crippen LogP contribution is 2.41. The van der Waals surface area contributed by atoms with Gasteiger partial charge in [0.1, 0.15) is 5.75 Å². The summed E-state index contributed by atoms with van der Waals surface area (Å²) in [6, 6.07) is 4.05. The molecule has 1 nitrogen and oxygen atoms in total. The van der Waals surface area contributed by atoms with Crippen LogP contribution in [0.3, 0.4) is 0 Å². The summed E-state index contributed by atoms with van der Waals surface area (Å²) < 4.78 is 0. The zero-order valence-corrected chi connectivity index (χ0v) is 16.6. The van der Waals surface area contributed by atoms with E-state index in [0.29, 0.717) is 5.75 Å². The molecule has 23 heavy (non-hydrogen) atoms. The number of hydrogen-bond acceptors (Lipinski definition) is 1. The topological polar surface area (TPSA) is 20.2 Å². The summed E-state index contributed by atoms with van der Waals surface area (Å²) in [5.41, 5.74) is 3.94. The minimum Gasteiger partial charge on any atom is -0.508 e. The van der Waals surface area contributed by atoms with Gasteiger partial charge in [0.15, 0.2) is 0 Å². The molecule has 0 amide bonds. The molecule has 0 bridgehead atoms. The maximum Gasteiger partial charge on any atom is 0.119 e. The van der Waals surface area contributed by atoms with Crippen LogP contribution in [0.25, 0.3) is 0 Å². The average Bonchev–Trinajstić information content (AvgIpc) is 2.41. The van der Waals surface area contributed by atoms with Gasteiger partial charge in [-0.1, -0.05) is 86.6 Å². The molecule has 0 unspecified atom stereocenters. The predicted molar refractivity (Wildman–Crippen MR) is 103 cm³/mol. The van der Waals surface area contributed by atoms with Crippen molar-refractivity contribution in [3.8, 4) is 5.75 Å². The van der Waals surface area contributed by atoms with Crippen molar-refractivity contribution in [1.29, 1.82) is 0 Å². The van der Waals surface area contributed by atoms with Crippen LogP contribution < -0.4 is 0 Å². The molecule has 0 saturated carbocycles. The van der Waals surface area contributed by atoms with Crippen molar-refractivity contribution >= 4 is 0 Å². The summed E-state index contributed by atoms with van der Waals surface area (Å²) in [5.74, 6) is 0.453. The predicted octanol–water partition coefficient (Wildman–Crippen LogP) is 6.89. The standard InChI is InChI=1S/C22H38O/c1-8-9-10-11-12-13-14-17-15-16-18(23)20(22(5,6)7)19(17)21(2,3)4/h15-16,23H,8-14H2,1-7H3. The van der Waals surface area contributed by atoms with Gasteiger partial charge in [-0.3, -0.25) is 0 Å². The lowest BCUT2D eigenvalue weighted by molar-refractivity contribution is 0.433. The molecule has 0 aliphatic carbocycles. The van der Waals surface area contributed by atoms with E-state index in [1.165, 1.54) is 49.7 Å². The molecule has 0 aliphatic rings. The summed E-state index contributed by atoms with van der Waals surface area (Å²) in [5, 5.41) is 10.5. The molecular weight excluding hydrogens is 280 g/mol. The molecule has 0 atom stereocenters. The zero-order chi connectivity index (χ0) is 17.7. The van der Waals surface area contributed by atoms with Crippen molar-refractivity contribution in [2.45, 2.75) is 104 Å². The smallest absolute Gasteiger partial charge is 0.119 e. The third-order valence-electron chi connectivity index (χ3n) is 4.57. The summed E-state index contributed by atoms with van der Waals surface area (Å²) in [6.07, 6.45) is 9.08. The number of aryl methyl sites for hydroxylation is 1. The van der Waals surface area contributed by atoms with E-state index in [1.54, 1.807) is 0 Å². The van der Waals surface area contributed by atoms with Crippen LogP contribution in [-0.4, -0.2) is 5.11 Å². The normalized spacial score (nSPS) is 12.7. The van der Waals surface area contributed by atoms with E-state index in [2.05, 4.69) is 54.5 Å². The molecule has 0 aromatic heterocycles. The van der Waals surface area contributed by atoms with Crippen molar-refractivity contribution in [3.05, 3.63) is 28.8 Å². The summed E-state index contributed by atoms with van der Waals surface area (Å²) in [6.45, 7) is 15.7. The van der Waals surface area contributed by atoms with Gasteiger partial charge in [-0.2, -0.15) is 0 Å². The fourth-order valence-electron chi connectivity index (χ4n) is 3.55. The number of rotatable bonds is 7. The first kappa shape index (κ1) is 20.1. The van der Waals surface area contributed by atoms with Crippen LogP contribution in [-0.2, 0) is 17.3 Å². The van der Waals surface area contributed by atoms with Crippen LogP contribution in [0, 0.1) is 0 Å². The maximum atomic E-state index is 10.5. The molecule has 0 aliphatic heterocycles. The molecule has 0 saturated heterocycles. The van der Waals surface area contributed by atoms with Crippen LogP contribution in [0.4, 0.5) is 0 Å². The van der Waals surface area contributed by atoms with Gasteiger partial charge in [-0.05, 0) is 40.9 Å². The second-order valence-electron chi connectivity index (χ2n) is 9.01. The molecule has 0 heterocycles. The van der Waals surface area contributed by atoms with Gasteiger partial charge in [0.2, 0.25) is 0 Å². The van der Waals surface area contributed by atoms with E-state index in [1.807, 2.05) is 6.07 Å². The fourth-order valence-corrected chi connectivity index (χ4v) is 3.55. The molecule has 1 aromatic rings. The summed E-state index contributed by atoms with van der Waals surface area (Å²) >= 11 is 0. The Balaban J connectivity index is 3.00. The summed E-state index contributed by atoms with van der Waals surface area (Å²) in [7, 11) is 0. The van der Waals surface area contributed by atoms with Crippen molar-refractivity contribution in [1.82, 2.24) is 0 Å². The Morgan fingerprint density at radius 1 is 0.739 bits per heavy atom. The molecule has 1 heteroatoms. The van der Waals surface area contributed by atoms with E-state index < -0.39 is 0 Å². The van der Waals surface area contributed by atoms with Gasteiger partial charge < -0.3 is 5.11 Å². The second kappa shape index (κ2) is 8.22. The largest absolute Gasteiger partial charge is 0.508 e. The van der Waals surface area contributed by atoms with E-state index in [-0.39, 0.29) is 10.8 Å². The van der Waals surface area contributed by atoms with Crippen molar-refractivity contribution < 1.29 is 5.11 Å². The molecule has 0 radical (unpaired) electrons. The van der Waals surface area contributed by atoms with Crippen LogP contribution in [0.2, 0.25) is 0 Å². The van der Waals surface area contributed by atoms with Crippen LogP contribution in [0.5, 0.6) is 5.75 Å². The van der Waals surface area contributed by atoms with E-state index in [9.17, 15) is 5.11 Å². The number of phenols is 1. The van der Waals surface area contributed by atoms with Crippen molar-refractivity contribution in [2.24, 2.45) is 0 Å². The van der Waals surface area contributed by atoms with Crippen molar-refractivity contribution in [2.75, 3.05) is 0 Å². The van der Waals surface area contributed by atoms with E-state index >= 15 is 0 Å². The van der Waals surface area contributed by atoms with Crippen molar-refractivity contribution in [3.63, 3.8) is 0 Å². The fraction of sp³-hybridized carbons (Fsp3) is 0.727. The Morgan fingerprint density at radius 3 is 1.78 bits per heavy atom. The quantitative estimate of drug-likeness (QED) is 0.543. The van der Waals surface area contributed by atoms with Gasteiger partial charge in [0.25, 0.3) is 0 Å². The minimum absolute atomic E-state index is 0.0379. The third kappa shape index (κ3) is 5.86. The lowest BCUT2D eigenvalue weighted by atomic mass is 9.72. The highest BCUT2D eigenvalue weighted by Gasteiger charge is 2.30. The molecule has 1 N–H and O–H groups in total. The highest BCUT2D eigenvalue weighted by molar-refractivity contribution is 5.51. The maximum absolute atomic E-state index is 10.5. The first-order chi connectivity index (χ1) is 10.6. The van der Waals surface area contributed by atoms with Gasteiger partial charge in [0, 0.05) is 5.56 Å². The Kier molecular flexibility index (Phi) is 7.17. The third-order valence-corrected chi connectivity index (χ3v) is 4.57. The zero-order valence-electron chi connectivity index (χ0n) is 16.6. The lowest BCUT2D eigenvalue weighted by Gasteiger charge is -2.33. The number of hydrogen-bond donors (Lipinski definition) is 1. The number of aromatic hydroxyl groups is 1. The molecular formula is C22H38O. The van der Waals surface area contributed by atoms with Gasteiger partial charge in [0.05, 0.1) is 0 Å². The van der Waals surface area contributed by atoms with Crippen LogP contribution >= 0.6 is 0 Å². The number of benzene rings is 1. The SMILES string of the molecule is CCCCCCCCc1ccc(O)c(C(C)(C)C)c1C(C)(C)C. The average molecular weight is 319 g/mol. The molecule has 0 fully saturated rings. The summed E-state index contributed by atoms with van der Waals surface area (Å²) in [4.78, 5) is 0. The van der Waals surface area contributed by atoms with Crippen LogP contribution in [0.15, 0.2) is 12.1 Å². The molecule has 1 rings (SSSR count). The Morgan fingerprint density at radius 2 is 1.26 bits per heavy atom. The Hall–Kier alpha value is -0.980. The number of phenolic OH excluding ortho intramolecular Hbond substituents is 1. The monoisotopic (exact) mass is 318 g/mol. The van der Waals surface area contributed by atoms with Crippen LogP contribution in [0.1, 0.15) is 104 Å². The van der Waals surface area contributed by atoms with E-state index in [4.69, 9.17) is 0 Å². The molecule has 0 spiro atoms.